The van der Waals surface area contributed by atoms with Crippen molar-refractivity contribution in [1.29, 1.82) is 0 Å². The number of aryl methyl sites for hydroxylation is 1. The molecule has 4 nitrogen and oxygen atoms in total. The summed E-state index contributed by atoms with van der Waals surface area (Å²) < 4.78 is 6.45. The van der Waals surface area contributed by atoms with Gasteiger partial charge in [-0.05, 0) is 62.3 Å². The second-order valence-electron chi connectivity index (χ2n) is 6.28. The van der Waals surface area contributed by atoms with Crippen LogP contribution < -0.4 is 5.73 Å². The Bertz CT molecular complexity index is 624. The average Bonchev–Trinajstić information content (AvgIpc) is 2.92. The first kappa shape index (κ1) is 14.7. The van der Waals surface area contributed by atoms with Crippen LogP contribution in [-0.2, 0) is 5.54 Å². The lowest BCUT2D eigenvalue weighted by atomic mass is 9.77. The number of hydrogen-bond acceptors (Lipinski definition) is 4. The highest BCUT2D eigenvalue weighted by molar-refractivity contribution is 9.10. The van der Waals surface area contributed by atoms with Crippen LogP contribution >= 0.6 is 15.9 Å². The van der Waals surface area contributed by atoms with E-state index in [-0.39, 0.29) is 0 Å². The van der Waals surface area contributed by atoms with Gasteiger partial charge in [-0.15, -0.1) is 0 Å². The fourth-order valence-electron chi connectivity index (χ4n) is 2.90. The van der Waals surface area contributed by atoms with Gasteiger partial charge in [-0.1, -0.05) is 28.0 Å². The number of nitrogens with two attached hydrogens (primary N) is 1. The van der Waals surface area contributed by atoms with Gasteiger partial charge in [0.05, 0.1) is 5.54 Å². The van der Waals surface area contributed by atoms with Crippen LogP contribution in [0.3, 0.4) is 0 Å². The predicted molar refractivity (Wildman–Crippen MR) is 85.7 cm³/mol. The van der Waals surface area contributed by atoms with Gasteiger partial charge in [0.15, 0.2) is 5.82 Å². The minimum Gasteiger partial charge on any atom is -0.334 e. The molecule has 1 saturated carbocycles. The van der Waals surface area contributed by atoms with Crippen LogP contribution in [0.15, 0.2) is 27.2 Å². The molecule has 0 bridgehead atoms. The Balaban J connectivity index is 1.89. The van der Waals surface area contributed by atoms with Crippen molar-refractivity contribution in [2.45, 2.75) is 45.1 Å². The third kappa shape index (κ3) is 3.04. The van der Waals surface area contributed by atoms with E-state index in [4.69, 9.17) is 10.3 Å². The summed E-state index contributed by atoms with van der Waals surface area (Å²) in [7, 11) is 0. The monoisotopic (exact) mass is 349 g/mol. The highest BCUT2D eigenvalue weighted by atomic mass is 79.9. The van der Waals surface area contributed by atoms with Crippen LogP contribution in [0.1, 0.15) is 44.0 Å². The largest absolute Gasteiger partial charge is 0.334 e. The van der Waals surface area contributed by atoms with E-state index in [0.717, 1.165) is 47.2 Å². The SMILES string of the molecule is Cc1cc(Br)cc(-c2nc(C3(N)CCC(C)CC3)no2)c1. The molecule has 5 heteroatoms. The Morgan fingerprint density at radius 2 is 2.00 bits per heavy atom. The second-order valence-corrected chi connectivity index (χ2v) is 7.19. The van der Waals surface area contributed by atoms with Gasteiger partial charge in [0.25, 0.3) is 5.89 Å². The fourth-order valence-corrected chi connectivity index (χ4v) is 3.51. The predicted octanol–water partition coefficient (Wildman–Crippen LogP) is 4.17. The van der Waals surface area contributed by atoms with Crippen molar-refractivity contribution in [2.24, 2.45) is 11.7 Å². The fraction of sp³-hybridized carbons (Fsp3) is 0.500. The molecular weight excluding hydrogens is 330 g/mol. The lowest BCUT2D eigenvalue weighted by Crippen LogP contribution is -2.41. The molecule has 1 aromatic heterocycles. The number of benzene rings is 1. The van der Waals surface area contributed by atoms with Crippen molar-refractivity contribution in [2.75, 3.05) is 0 Å². The average molecular weight is 350 g/mol. The number of nitrogens with zero attached hydrogens (tertiary/aromatic N) is 2. The first-order valence-electron chi connectivity index (χ1n) is 7.37. The molecule has 2 aromatic rings. The maximum atomic E-state index is 6.50. The number of aromatic nitrogens is 2. The minimum atomic E-state index is -0.435. The summed E-state index contributed by atoms with van der Waals surface area (Å²) in [6.07, 6.45) is 4.09. The topological polar surface area (TPSA) is 64.9 Å². The summed E-state index contributed by atoms with van der Waals surface area (Å²) in [5.74, 6) is 1.92. The highest BCUT2D eigenvalue weighted by Crippen LogP contribution is 2.36. The van der Waals surface area contributed by atoms with Crippen molar-refractivity contribution >= 4 is 15.9 Å². The van der Waals surface area contributed by atoms with Crippen molar-refractivity contribution in [3.63, 3.8) is 0 Å². The summed E-state index contributed by atoms with van der Waals surface area (Å²) in [4.78, 5) is 4.56. The zero-order chi connectivity index (χ0) is 15.0. The molecular formula is C16H20BrN3O. The van der Waals surface area contributed by atoms with Crippen LogP contribution in [-0.4, -0.2) is 10.1 Å². The minimum absolute atomic E-state index is 0.435. The standard InChI is InChI=1S/C16H20BrN3O/c1-10-3-5-16(18,6-4-10)15-19-14(21-20-15)12-7-11(2)8-13(17)9-12/h7-10H,3-6,18H2,1-2H3. The van der Waals surface area contributed by atoms with Gasteiger partial charge in [0.2, 0.25) is 0 Å². The van der Waals surface area contributed by atoms with E-state index in [0.29, 0.717) is 11.7 Å². The molecule has 1 aliphatic rings. The summed E-state index contributed by atoms with van der Waals surface area (Å²) in [6.45, 7) is 4.31. The van der Waals surface area contributed by atoms with Gasteiger partial charge in [0.1, 0.15) is 0 Å². The third-order valence-corrected chi connectivity index (χ3v) is 4.78. The molecule has 1 fully saturated rings. The Labute approximate surface area is 133 Å². The van der Waals surface area contributed by atoms with E-state index >= 15 is 0 Å². The van der Waals surface area contributed by atoms with Crippen molar-refractivity contribution < 1.29 is 4.52 Å². The molecule has 112 valence electrons. The third-order valence-electron chi connectivity index (χ3n) is 4.33. The molecule has 0 saturated heterocycles. The molecule has 2 N–H and O–H groups in total. The van der Waals surface area contributed by atoms with Gasteiger partial charge in [0, 0.05) is 10.0 Å². The Hall–Kier alpha value is -1.20. The highest BCUT2D eigenvalue weighted by Gasteiger charge is 2.36. The van der Waals surface area contributed by atoms with Crippen LogP contribution in [0.25, 0.3) is 11.5 Å². The maximum Gasteiger partial charge on any atom is 0.258 e. The summed E-state index contributed by atoms with van der Waals surface area (Å²) in [6, 6.07) is 6.07. The Kier molecular flexibility index (Phi) is 3.88. The first-order chi connectivity index (χ1) is 9.96. The van der Waals surface area contributed by atoms with Crippen molar-refractivity contribution in [3.8, 4) is 11.5 Å². The maximum absolute atomic E-state index is 6.50. The number of rotatable bonds is 2. The van der Waals surface area contributed by atoms with E-state index in [1.54, 1.807) is 0 Å². The zero-order valence-electron chi connectivity index (χ0n) is 12.4. The second kappa shape index (κ2) is 5.54. The van der Waals surface area contributed by atoms with Crippen molar-refractivity contribution in [1.82, 2.24) is 10.1 Å². The molecule has 21 heavy (non-hydrogen) atoms. The molecule has 1 heterocycles. The van der Waals surface area contributed by atoms with Crippen molar-refractivity contribution in [3.05, 3.63) is 34.1 Å². The lowest BCUT2D eigenvalue weighted by Gasteiger charge is -2.33. The van der Waals surface area contributed by atoms with Gasteiger partial charge < -0.3 is 10.3 Å². The van der Waals surface area contributed by atoms with E-state index in [1.165, 1.54) is 0 Å². The molecule has 0 amide bonds. The number of hydrogen-bond donors (Lipinski definition) is 1. The van der Waals surface area contributed by atoms with Gasteiger partial charge in [-0.2, -0.15) is 4.98 Å². The molecule has 0 radical (unpaired) electrons. The smallest absolute Gasteiger partial charge is 0.258 e. The number of halogens is 1. The summed E-state index contributed by atoms with van der Waals surface area (Å²) in [5, 5.41) is 4.15. The molecule has 0 spiro atoms. The molecule has 3 rings (SSSR count). The van der Waals surface area contributed by atoms with Gasteiger partial charge in [-0.25, -0.2) is 0 Å². The lowest BCUT2D eigenvalue weighted by molar-refractivity contribution is 0.230. The van der Waals surface area contributed by atoms with Crippen LogP contribution in [0.2, 0.25) is 0 Å². The molecule has 0 aliphatic heterocycles. The Morgan fingerprint density at radius 1 is 1.29 bits per heavy atom. The summed E-state index contributed by atoms with van der Waals surface area (Å²) in [5.41, 5.74) is 8.14. The molecule has 1 aliphatic carbocycles. The van der Waals surface area contributed by atoms with E-state index in [1.807, 2.05) is 25.1 Å². The van der Waals surface area contributed by atoms with E-state index in [2.05, 4.69) is 33.0 Å². The quantitative estimate of drug-likeness (QED) is 0.883. The first-order valence-corrected chi connectivity index (χ1v) is 8.16. The molecule has 0 unspecified atom stereocenters. The molecule has 0 atom stereocenters. The van der Waals surface area contributed by atoms with Crippen LogP contribution in [0, 0.1) is 12.8 Å². The molecule has 1 aromatic carbocycles. The van der Waals surface area contributed by atoms with Gasteiger partial charge in [-0.3, -0.25) is 0 Å². The van der Waals surface area contributed by atoms with Crippen LogP contribution in [0.4, 0.5) is 0 Å². The van der Waals surface area contributed by atoms with E-state index in [9.17, 15) is 0 Å². The normalized spacial score (nSPS) is 26.0. The van der Waals surface area contributed by atoms with Crippen LogP contribution in [0.5, 0.6) is 0 Å². The zero-order valence-corrected chi connectivity index (χ0v) is 14.0. The van der Waals surface area contributed by atoms with Gasteiger partial charge >= 0.3 is 0 Å². The Morgan fingerprint density at radius 3 is 2.67 bits per heavy atom. The summed E-state index contributed by atoms with van der Waals surface area (Å²) >= 11 is 3.50. The van der Waals surface area contributed by atoms with E-state index < -0.39 is 5.54 Å².